The lowest BCUT2D eigenvalue weighted by atomic mass is 10.00. The number of halogens is 2. The van der Waals surface area contributed by atoms with Crippen LogP contribution in [0.5, 0.6) is 0 Å². The first-order valence-electron chi connectivity index (χ1n) is 3.98. The molecular formula is C8H22Cl2N2. The Morgan fingerprint density at radius 2 is 1.67 bits per heavy atom. The third kappa shape index (κ3) is 8.60. The smallest absolute Gasteiger partial charge is 0.0193 e. The van der Waals surface area contributed by atoms with E-state index in [2.05, 4.69) is 32.8 Å². The van der Waals surface area contributed by atoms with Gasteiger partial charge in [0.1, 0.15) is 0 Å². The van der Waals surface area contributed by atoms with Crippen molar-refractivity contribution in [1.29, 1.82) is 0 Å². The van der Waals surface area contributed by atoms with Crippen molar-refractivity contribution < 1.29 is 0 Å². The Kier molecular flexibility index (Phi) is 14.6. The van der Waals surface area contributed by atoms with Gasteiger partial charge in [-0.15, -0.1) is 24.8 Å². The van der Waals surface area contributed by atoms with Crippen molar-refractivity contribution in [3.63, 3.8) is 0 Å². The molecule has 0 saturated carbocycles. The van der Waals surface area contributed by atoms with Crippen LogP contribution >= 0.6 is 24.8 Å². The zero-order chi connectivity index (χ0) is 8.15. The van der Waals surface area contributed by atoms with Crippen LogP contribution in [0.25, 0.3) is 0 Å². The van der Waals surface area contributed by atoms with Crippen molar-refractivity contribution in [3.05, 3.63) is 0 Å². The molecule has 0 heterocycles. The molecule has 0 aliphatic heterocycles. The predicted octanol–water partition coefficient (Wildman–Crippen LogP) is 1.77. The Morgan fingerprint density at radius 1 is 1.25 bits per heavy atom. The third-order valence-corrected chi connectivity index (χ3v) is 1.95. The summed E-state index contributed by atoms with van der Waals surface area (Å²) < 4.78 is 0. The van der Waals surface area contributed by atoms with Crippen molar-refractivity contribution in [2.45, 2.75) is 26.3 Å². The lowest BCUT2D eigenvalue weighted by Crippen LogP contribution is -2.38. The molecule has 12 heavy (non-hydrogen) atoms. The van der Waals surface area contributed by atoms with E-state index < -0.39 is 0 Å². The number of rotatable bonds is 4. The van der Waals surface area contributed by atoms with Crippen molar-refractivity contribution in [2.75, 3.05) is 20.6 Å². The van der Waals surface area contributed by atoms with E-state index >= 15 is 0 Å². The van der Waals surface area contributed by atoms with Crippen molar-refractivity contribution >= 4 is 24.8 Å². The number of hydrogen-bond donors (Lipinski definition) is 1. The molecule has 0 bridgehead atoms. The number of nitrogens with two attached hydrogens (primary N) is 1. The molecule has 2 N–H and O–H groups in total. The molecule has 0 aromatic heterocycles. The molecule has 0 amide bonds. The lowest BCUT2D eigenvalue weighted by Gasteiger charge is -2.21. The van der Waals surface area contributed by atoms with E-state index in [1.807, 2.05) is 0 Å². The van der Waals surface area contributed by atoms with E-state index in [-0.39, 0.29) is 24.8 Å². The Morgan fingerprint density at radius 3 is 1.92 bits per heavy atom. The van der Waals surface area contributed by atoms with Gasteiger partial charge in [-0.3, -0.25) is 0 Å². The molecule has 0 aliphatic rings. The van der Waals surface area contributed by atoms with E-state index in [0.717, 1.165) is 6.54 Å². The van der Waals surface area contributed by atoms with Crippen molar-refractivity contribution in [2.24, 2.45) is 11.7 Å². The molecule has 4 heteroatoms. The summed E-state index contributed by atoms with van der Waals surface area (Å²) in [5.41, 5.74) is 5.89. The highest BCUT2D eigenvalue weighted by atomic mass is 35.5. The standard InChI is InChI=1S/C8H20N2.2ClH/c1-5-7(2)8(9)6-10(3)4;;/h7-8H,5-6,9H2,1-4H3;2*1H. The maximum absolute atomic E-state index is 5.89. The van der Waals surface area contributed by atoms with Crippen LogP contribution in [0.15, 0.2) is 0 Å². The highest BCUT2D eigenvalue weighted by Gasteiger charge is 2.10. The first-order valence-corrected chi connectivity index (χ1v) is 3.98. The minimum atomic E-state index is 0. The average Bonchev–Trinajstić information content (AvgIpc) is 1.85. The molecule has 0 saturated heterocycles. The summed E-state index contributed by atoms with van der Waals surface area (Å²) in [6.45, 7) is 5.38. The molecule has 0 spiro atoms. The van der Waals surface area contributed by atoms with Crippen LogP contribution in [0.3, 0.4) is 0 Å². The van der Waals surface area contributed by atoms with E-state index in [1.165, 1.54) is 6.42 Å². The van der Waals surface area contributed by atoms with Gasteiger partial charge < -0.3 is 10.6 Å². The van der Waals surface area contributed by atoms with Gasteiger partial charge in [-0.2, -0.15) is 0 Å². The van der Waals surface area contributed by atoms with Crippen LogP contribution in [-0.4, -0.2) is 31.6 Å². The lowest BCUT2D eigenvalue weighted by molar-refractivity contribution is 0.315. The number of nitrogens with zero attached hydrogens (tertiary/aromatic N) is 1. The quantitative estimate of drug-likeness (QED) is 0.777. The molecule has 0 radical (unpaired) electrons. The summed E-state index contributed by atoms with van der Waals surface area (Å²) in [7, 11) is 4.12. The third-order valence-electron chi connectivity index (χ3n) is 1.95. The van der Waals surface area contributed by atoms with E-state index in [4.69, 9.17) is 5.73 Å². The molecule has 2 nitrogen and oxygen atoms in total. The molecule has 78 valence electrons. The topological polar surface area (TPSA) is 29.3 Å². The van der Waals surface area contributed by atoms with Crippen LogP contribution < -0.4 is 5.73 Å². The Labute approximate surface area is 88.7 Å². The van der Waals surface area contributed by atoms with E-state index in [1.54, 1.807) is 0 Å². The molecule has 2 unspecified atom stereocenters. The van der Waals surface area contributed by atoms with Gasteiger partial charge in [0.05, 0.1) is 0 Å². The second-order valence-electron chi connectivity index (χ2n) is 3.31. The highest BCUT2D eigenvalue weighted by molar-refractivity contribution is 5.85. The molecule has 0 fully saturated rings. The zero-order valence-corrected chi connectivity index (χ0v) is 10.0. The van der Waals surface area contributed by atoms with Gasteiger partial charge in [0.15, 0.2) is 0 Å². The van der Waals surface area contributed by atoms with Crippen LogP contribution in [0.2, 0.25) is 0 Å². The second-order valence-corrected chi connectivity index (χ2v) is 3.31. The summed E-state index contributed by atoms with van der Waals surface area (Å²) >= 11 is 0. The van der Waals surface area contributed by atoms with Gasteiger partial charge in [0, 0.05) is 12.6 Å². The van der Waals surface area contributed by atoms with Gasteiger partial charge in [-0.25, -0.2) is 0 Å². The van der Waals surface area contributed by atoms with Gasteiger partial charge in [-0.05, 0) is 20.0 Å². The van der Waals surface area contributed by atoms with Gasteiger partial charge in [-0.1, -0.05) is 20.3 Å². The minimum Gasteiger partial charge on any atom is -0.326 e. The van der Waals surface area contributed by atoms with Gasteiger partial charge in [0.2, 0.25) is 0 Å². The summed E-state index contributed by atoms with van der Waals surface area (Å²) in [6, 6.07) is 0.333. The summed E-state index contributed by atoms with van der Waals surface area (Å²) in [6.07, 6.45) is 1.18. The summed E-state index contributed by atoms with van der Waals surface area (Å²) in [4.78, 5) is 2.14. The summed E-state index contributed by atoms with van der Waals surface area (Å²) in [5.74, 6) is 0.641. The van der Waals surface area contributed by atoms with Crippen molar-refractivity contribution in [1.82, 2.24) is 4.90 Å². The predicted molar refractivity (Wildman–Crippen MR) is 60.5 cm³/mol. The fourth-order valence-electron chi connectivity index (χ4n) is 0.904. The second kappa shape index (κ2) is 9.59. The maximum Gasteiger partial charge on any atom is 0.0193 e. The van der Waals surface area contributed by atoms with Crippen LogP contribution in [0.1, 0.15) is 20.3 Å². The minimum absolute atomic E-state index is 0. The van der Waals surface area contributed by atoms with E-state index in [0.29, 0.717) is 12.0 Å². The van der Waals surface area contributed by atoms with Crippen LogP contribution in [0, 0.1) is 5.92 Å². The molecule has 0 aromatic rings. The van der Waals surface area contributed by atoms with Crippen molar-refractivity contribution in [3.8, 4) is 0 Å². The van der Waals surface area contributed by atoms with Gasteiger partial charge >= 0.3 is 0 Å². The number of likely N-dealkylation sites (N-methyl/N-ethyl adjacent to an activating group) is 1. The monoisotopic (exact) mass is 216 g/mol. The molecule has 2 atom stereocenters. The zero-order valence-electron chi connectivity index (χ0n) is 8.41. The summed E-state index contributed by atoms with van der Waals surface area (Å²) in [5, 5.41) is 0. The number of hydrogen-bond acceptors (Lipinski definition) is 2. The SMILES string of the molecule is CCC(C)C(N)CN(C)C.Cl.Cl. The maximum atomic E-state index is 5.89. The first-order chi connectivity index (χ1) is 4.57. The Balaban J connectivity index is -0.000000405. The molecule has 0 rings (SSSR count). The Bertz CT molecular complexity index is 89.1. The average molecular weight is 217 g/mol. The van der Waals surface area contributed by atoms with Crippen LogP contribution in [-0.2, 0) is 0 Å². The van der Waals surface area contributed by atoms with Crippen LogP contribution in [0.4, 0.5) is 0 Å². The normalized spacial score (nSPS) is 14.5. The molecule has 0 aliphatic carbocycles. The Hall–Kier alpha value is 0.500. The fourth-order valence-corrected chi connectivity index (χ4v) is 0.904. The van der Waals surface area contributed by atoms with Gasteiger partial charge in [0.25, 0.3) is 0 Å². The molecule has 0 aromatic carbocycles. The fraction of sp³-hybridized carbons (Fsp3) is 1.00. The highest BCUT2D eigenvalue weighted by Crippen LogP contribution is 2.04. The van der Waals surface area contributed by atoms with E-state index in [9.17, 15) is 0 Å². The molecular weight excluding hydrogens is 195 g/mol. The first kappa shape index (κ1) is 18.3. The largest absolute Gasteiger partial charge is 0.326 e.